The molecule has 0 saturated carbocycles. The van der Waals surface area contributed by atoms with Crippen molar-refractivity contribution in [2.75, 3.05) is 6.61 Å². The van der Waals surface area contributed by atoms with Gasteiger partial charge in [-0.2, -0.15) is 0 Å². The minimum atomic E-state index is -1.37. The first kappa shape index (κ1) is 11.0. The third-order valence-electron chi connectivity index (χ3n) is 2.46. The molecule has 1 aromatic rings. The number of halogens is 1. The standard InChI is InChI=1S/C9H11FN2O4/c10-6-3-5(4-13)16-8(6)12-2-1-7(14)11-9(12)15/h1-2,5-6,8,13H,3-4H2,(H,11,14,15)/t5-,6-,8?/m0/s1. The van der Waals surface area contributed by atoms with Gasteiger partial charge in [0.05, 0.1) is 12.7 Å². The molecule has 1 unspecified atom stereocenters. The summed E-state index contributed by atoms with van der Waals surface area (Å²) < 4.78 is 19.6. The third-order valence-corrected chi connectivity index (χ3v) is 2.46. The van der Waals surface area contributed by atoms with Crippen LogP contribution in [-0.4, -0.2) is 33.5 Å². The summed E-state index contributed by atoms with van der Waals surface area (Å²) >= 11 is 0. The van der Waals surface area contributed by atoms with Crippen LogP contribution in [0.25, 0.3) is 0 Å². The first-order valence-corrected chi connectivity index (χ1v) is 4.83. The normalized spacial score (nSPS) is 29.5. The minimum Gasteiger partial charge on any atom is -0.394 e. The van der Waals surface area contributed by atoms with E-state index < -0.39 is 29.8 Å². The number of ether oxygens (including phenoxy) is 1. The van der Waals surface area contributed by atoms with Gasteiger partial charge >= 0.3 is 5.69 Å². The highest BCUT2D eigenvalue weighted by Gasteiger charge is 2.36. The van der Waals surface area contributed by atoms with Gasteiger partial charge in [0.2, 0.25) is 0 Å². The Labute approximate surface area is 89.3 Å². The van der Waals surface area contributed by atoms with Crippen molar-refractivity contribution >= 4 is 0 Å². The van der Waals surface area contributed by atoms with Gasteiger partial charge in [-0.15, -0.1) is 0 Å². The summed E-state index contributed by atoms with van der Waals surface area (Å²) in [6.45, 7) is -0.297. The molecule has 1 aliphatic rings. The highest BCUT2D eigenvalue weighted by Crippen LogP contribution is 2.29. The van der Waals surface area contributed by atoms with Crippen molar-refractivity contribution in [3.8, 4) is 0 Å². The Balaban J connectivity index is 2.31. The summed E-state index contributed by atoms with van der Waals surface area (Å²) in [5.41, 5.74) is -1.27. The fraction of sp³-hybridized carbons (Fsp3) is 0.556. The van der Waals surface area contributed by atoms with E-state index >= 15 is 0 Å². The van der Waals surface area contributed by atoms with Crippen LogP contribution in [0.3, 0.4) is 0 Å². The molecule has 2 N–H and O–H groups in total. The number of hydrogen-bond donors (Lipinski definition) is 2. The Bertz CT molecular complexity index is 483. The molecular weight excluding hydrogens is 219 g/mol. The maximum Gasteiger partial charge on any atom is 0.330 e. The third kappa shape index (κ3) is 1.91. The van der Waals surface area contributed by atoms with Gasteiger partial charge in [0.15, 0.2) is 6.23 Å². The number of aromatic nitrogens is 2. The summed E-state index contributed by atoms with van der Waals surface area (Å²) in [5, 5.41) is 8.83. The van der Waals surface area contributed by atoms with Crippen molar-refractivity contribution in [3.63, 3.8) is 0 Å². The number of aliphatic hydroxyl groups excluding tert-OH is 1. The zero-order chi connectivity index (χ0) is 11.7. The Morgan fingerprint density at radius 1 is 1.62 bits per heavy atom. The maximum atomic E-state index is 13.5. The lowest BCUT2D eigenvalue weighted by atomic mass is 10.2. The number of nitrogens with one attached hydrogen (secondary N) is 1. The van der Waals surface area contributed by atoms with Crippen LogP contribution >= 0.6 is 0 Å². The van der Waals surface area contributed by atoms with Gasteiger partial charge in [0.1, 0.15) is 6.17 Å². The Kier molecular flexibility index (Phi) is 2.88. The van der Waals surface area contributed by atoms with Gasteiger partial charge in [-0.3, -0.25) is 14.3 Å². The number of aliphatic hydroxyl groups is 1. The summed E-state index contributed by atoms with van der Waals surface area (Å²) in [6.07, 6.45) is -1.86. The SMILES string of the molecule is O=c1ccn(C2O[C@H](CO)C[C@@H]2F)c(=O)[nH]1. The van der Waals surface area contributed by atoms with E-state index in [4.69, 9.17) is 9.84 Å². The fourth-order valence-corrected chi connectivity index (χ4v) is 1.69. The van der Waals surface area contributed by atoms with Gasteiger partial charge in [0, 0.05) is 18.7 Å². The van der Waals surface area contributed by atoms with E-state index in [1.807, 2.05) is 4.98 Å². The van der Waals surface area contributed by atoms with E-state index in [9.17, 15) is 14.0 Å². The molecule has 1 saturated heterocycles. The monoisotopic (exact) mass is 230 g/mol. The molecule has 0 spiro atoms. The predicted molar refractivity (Wildman–Crippen MR) is 51.8 cm³/mol. The summed E-state index contributed by atoms with van der Waals surface area (Å²) in [6, 6.07) is 1.11. The molecule has 1 aromatic heterocycles. The molecule has 0 bridgehead atoms. The van der Waals surface area contributed by atoms with Crippen molar-refractivity contribution in [2.24, 2.45) is 0 Å². The largest absolute Gasteiger partial charge is 0.394 e. The van der Waals surface area contributed by atoms with E-state index in [2.05, 4.69) is 0 Å². The van der Waals surface area contributed by atoms with Crippen LogP contribution in [0, 0.1) is 0 Å². The number of hydrogen-bond acceptors (Lipinski definition) is 4. The number of rotatable bonds is 2. The van der Waals surface area contributed by atoms with Gasteiger partial charge in [-0.05, 0) is 0 Å². The average molecular weight is 230 g/mol. The number of alkyl halides is 1. The van der Waals surface area contributed by atoms with Crippen LogP contribution in [0.4, 0.5) is 4.39 Å². The summed E-state index contributed by atoms with van der Waals surface area (Å²) in [5.74, 6) is 0. The van der Waals surface area contributed by atoms with Crippen molar-refractivity contribution in [1.29, 1.82) is 0 Å². The molecule has 7 heteroatoms. The zero-order valence-electron chi connectivity index (χ0n) is 8.30. The topological polar surface area (TPSA) is 84.3 Å². The number of H-pyrrole nitrogens is 1. The lowest BCUT2D eigenvalue weighted by molar-refractivity contribution is -0.0394. The predicted octanol–water partition coefficient (Wildman–Crippen LogP) is -0.846. The van der Waals surface area contributed by atoms with Crippen LogP contribution in [-0.2, 0) is 4.74 Å². The smallest absolute Gasteiger partial charge is 0.330 e. The first-order chi connectivity index (χ1) is 7.61. The molecule has 0 radical (unpaired) electrons. The molecule has 2 heterocycles. The van der Waals surface area contributed by atoms with Gasteiger partial charge < -0.3 is 9.84 Å². The van der Waals surface area contributed by atoms with Crippen LogP contribution in [0.5, 0.6) is 0 Å². The van der Waals surface area contributed by atoms with Gasteiger partial charge in [-0.25, -0.2) is 9.18 Å². The minimum absolute atomic E-state index is 0.0345. The lowest BCUT2D eigenvalue weighted by Crippen LogP contribution is -2.34. The second kappa shape index (κ2) is 4.18. The highest BCUT2D eigenvalue weighted by atomic mass is 19.1. The second-order valence-corrected chi connectivity index (χ2v) is 3.60. The van der Waals surface area contributed by atoms with Crippen molar-refractivity contribution in [2.45, 2.75) is 24.9 Å². The molecule has 0 aliphatic carbocycles. The van der Waals surface area contributed by atoms with E-state index in [-0.39, 0.29) is 13.0 Å². The molecule has 1 fully saturated rings. The molecule has 2 rings (SSSR count). The molecule has 16 heavy (non-hydrogen) atoms. The molecule has 0 amide bonds. The van der Waals surface area contributed by atoms with E-state index in [0.717, 1.165) is 10.6 Å². The van der Waals surface area contributed by atoms with Crippen molar-refractivity contribution < 1.29 is 14.2 Å². The molecule has 3 atom stereocenters. The molecular formula is C9H11FN2O4. The Hall–Kier alpha value is -1.47. The number of nitrogens with zero attached hydrogens (tertiary/aromatic N) is 1. The van der Waals surface area contributed by atoms with Gasteiger partial charge in [-0.1, -0.05) is 0 Å². The Morgan fingerprint density at radius 2 is 2.38 bits per heavy atom. The highest BCUT2D eigenvalue weighted by molar-refractivity contribution is 4.88. The molecule has 1 aliphatic heterocycles. The van der Waals surface area contributed by atoms with E-state index in [0.29, 0.717) is 0 Å². The molecule has 0 aromatic carbocycles. The van der Waals surface area contributed by atoms with Gasteiger partial charge in [0.25, 0.3) is 5.56 Å². The average Bonchev–Trinajstić information content (AvgIpc) is 2.60. The van der Waals surface area contributed by atoms with Crippen LogP contribution in [0.1, 0.15) is 12.6 Å². The van der Waals surface area contributed by atoms with Crippen LogP contribution in [0.15, 0.2) is 21.9 Å². The maximum absolute atomic E-state index is 13.5. The first-order valence-electron chi connectivity index (χ1n) is 4.83. The lowest BCUT2D eigenvalue weighted by Gasteiger charge is -2.15. The van der Waals surface area contributed by atoms with E-state index in [1.165, 1.54) is 6.20 Å². The fourth-order valence-electron chi connectivity index (χ4n) is 1.69. The number of aromatic amines is 1. The van der Waals surface area contributed by atoms with E-state index in [1.54, 1.807) is 0 Å². The molecule has 6 nitrogen and oxygen atoms in total. The quantitative estimate of drug-likeness (QED) is 0.693. The van der Waals surface area contributed by atoms with Crippen LogP contribution < -0.4 is 11.2 Å². The van der Waals surface area contributed by atoms with Crippen molar-refractivity contribution in [1.82, 2.24) is 9.55 Å². The van der Waals surface area contributed by atoms with Crippen molar-refractivity contribution in [3.05, 3.63) is 33.1 Å². The second-order valence-electron chi connectivity index (χ2n) is 3.60. The summed E-state index contributed by atoms with van der Waals surface area (Å²) in [4.78, 5) is 24.2. The van der Waals surface area contributed by atoms with Crippen LogP contribution in [0.2, 0.25) is 0 Å². The molecule has 88 valence electrons. The Morgan fingerprint density at radius 3 is 2.94 bits per heavy atom. The zero-order valence-corrected chi connectivity index (χ0v) is 8.30. The summed E-state index contributed by atoms with van der Waals surface area (Å²) in [7, 11) is 0.